The molecule has 0 N–H and O–H groups in total. The highest BCUT2D eigenvalue weighted by Gasteiger charge is 2.42. The van der Waals surface area contributed by atoms with Crippen molar-refractivity contribution in [2.75, 3.05) is 0 Å². The zero-order chi connectivity index (χ0) is 33.9. The van der Waals surface area contributed by atoms with Crippen LogP contribution in [0.15, 0.2) is 188 Å². The molecule has 0 bridgehead atoms. The van der Waals surface area contributed by atoms with Gasteiger partial charge < -0.3 is 9.13 Å². The third kappa shape index (κ3) is 4.59. The summed E-state index contributed by atoms with van der Waals surface area (Å²) >= 11 is 0. The van der Waals surface area contributed by atoms with E-state index < -0.39 is 7.14 Å². The normalized spacial score (nSPS) is 14.8. The number of hydrogen-bond donors (Lipinski definition) is 0. The van der Waals surface area contributed by atoms with Crippen molar-refractivity contribution in [2.24, 2.45) is 0 Å². The minimum absolute atomic E-state index is 0.866. The van der Waals surface area contributed by atoms with E-state index in [9.17, 15) is 0 Å². The van der Waals surface area contributed by atoms with E-state index in [1.54, 1.807) is 0 Å². The number of fused-ring (bicyclic) bond motifs is 7. The van der Waals surface area contributed by atoms with Crippen LogP contribution in [0.3, 0.4) is 0 Å². The van der Waals surface area contributed by atoms with Crippen molar-refractivity contribution in [1.29, 1.82) is 0 Å². The molecular formula is C47H31N2OP. The van der Waals surface area contributed by atoms with E-state index in [0.717, 1.165) is 88.2 Å². The van der Waals surface area contributed by atoms with Gasteiger partial charge in [-0.25, -0.2) is 4.98 Å². The summed E-state index contributed by atoms with van der Waals surface area (Å²) in [7, 11) is -3.16. The Balaban J connectivity index is 1.16. The van der Waals surface area contributed by atoms with Gasteiger partial charge >= 0.3 is 0 Å². The monoisotopic (exact) mass is 670 g/mol. The Bertz CT molecular complexity index is 2750. The molecule has 7 aromatic carbocycles. The topological polar surface area (TPSA) is 34.9 Å². The van der Waals surface area contributed by atoms with Gasteiger partial charge in [0, 0.05) is 43.5 Å². The minimum Gasteiger partial charge on any atom is -0.309 e. The molecule has 0 fully saturated rings. The summed E-state index contributed by atoms with van der Waals surface area (Å²) in [5.74, 6) is 0. The quantitative estimate of drug-likeness (QED) is 0.171. The van der Waals surface area contributed by atoms with Crippen LogP contribution in [0.2, 0.25) is 0 Å². The average Bonchev–Trinajstić information content (AvgIpc) is 3.69. The van der Waals surface area contributed by atoms with Crippen LogP contribution < -0.4 is 15.9 Å². The van der Waals surface area contributed by atoms with Crippen LogP contribution in [-0.4, -0.2) is 9.55 Å². The molecule has 3 heterocycles. The van der Waals surface area contributed by atoms with Gasteiger partial charge in [-0.1, -0.05) is 152 Å². The second-order valence-electron chi connectivity index (χ2n) is 13.1. The number of rotatable bonds is 5. The third-order valence-corrected chi connectivity index (χ3v) is 13.4. The highest BCUT2D eigenvalue weighted by atomic mass is 31.2. The van der Waals surface area contributed by atoms with Crippen molar-refractivity contribution in [3.8, 4) is 50.5 Å². The van der Waals surface area contributed by atoms with Crippen LogP contribution >= 0.6 is 7.14 Å². The Kier molecular flexibility index (Phi) is 6.77. The lowest BCUT2D eigenvalue weighted by Gasteiger charge is -2.17. The van der Waals surface area contributed by atoms with Gasteiger partial charge in [0.2, 0.25) is 0 Å². The molecule has 1 aliphatic heterocycles. The van der Waals surface area contributed by atoms with Gasteiger partial charge in [0.25, 0.3) is 0 Å². The maximum absolute atomic E-state index is 15.7. The molecule has 0 aliphatic carbocycles. The van der Waals surface area contributed by atoms with E-state index >= 15 is 4.57 Å². The molecule has 0 radical (unpaired) electrons. The highest BCUT2D eigenvalue weighted by Crippen LogP contribution is 2.55. The Hall–Kier alpha value is -6.28. The van der Waals surface area contributed by atoms with Crippen LogP contribution in [0.4, 0.5) is 0 Å². The first kappa shape index (κ1) is 29.6. The molecule has 4 heteroatoms. The second kappa shape index (κ2) is 11.7. The molecule has 240 valence electrons. The summed E-state index contributed by atoms with van der Waals surface area (Å²) in [6, 6.07) is 65.0. The zero-order valence-corrected chi connectivity index (χ0v) is 28.5. The van der Waals surface area contributed by atoms with Crippen molar-refractivity contribution in [3.63, 3.8) is 0 Å². The van der Waals surface area contributed by atoms with E-state index in [0.29, 0.717) is 0 Å². The zero-order valence-electron chi connectivity index (χ0n) is 27.6. The van der Waals surface area contributed by atoms with E-state index in [2.05, 4.69) is 138 Å². The molecule has 9 aromatic rings. The Morgan fingerprint density at radius 2 is 1.04 bits per heavy atom. The molecule has 0 amide bonds. The minimum atomic E-state index is -3.16. The largest absolute Gasteiger partial charge is 0.309 e. The molecule has 51 heavy (non-hydrogen) atoms. The lowest BCUT2D eigenvalue weighted by Crippen LogP contribution is -2.21. The second-order valence-corrected chi connectivity index (χ2v) is 15.7. The van der Waals surface area contributed by atoms with E-state index in [1.165, 1.54) is 0 Å². The summed E-state index contributed by atoms with van der Waals surface area (Å²) < 4.78 is 18.0. The van der Waals surface area contributed by atoms with Crippen molar-refractivity contribution in [2.45, 2.75) is 0 Å². The smallest absolute Gasteiger partial charge is 0.172 e. The van der Waals surface area contributed by atoms with Crippen molar-refractivity contribution in [1.82, 2.24) is 9.55 Å². The summed E-state index contributed by atoms with van der Waals surface area (Å²) in [5, 5.41) is 4.88. The van der Waals surface area contributed by atoms with Gasteiger partial charge in [-0.2, -0.15) is 0 Å². The molecule has 1 atom stereocenters. The van der Waals surface area contributed by atoms with E-state index in [4.69, 9.17) is 4.98 Å². The lowest BCUT2D eigenvalue weighted by atomic mass is 10.00. The van der Waals surface area contributed by atoms with Gasteiger partial charge in [0.1, 0.15) is 0 Å². The summed E-state index contributed by atoms with van der Waals surface area (Å²) in [5.41, 5.74) is 11.6. The molecule has 10 rings (SSSR count). The fraction of sp³-hybridized carbons (Fsp3) is 0. The lowest BCUT2D eigenvalue weighted by molar-refractivity contribution is 0.593. The Labute approximate surface area is 296 Å². The van der Waals surface area contributed by atoms with Gasteiger partial charge in [0.05, 0.1) is 22.4 Å². The van der Waals surface area contributed by atoms with E-state index in [1.807, 2.05) is 54.6 Å². The number of benzene rings is 7. The highest BCUT2D eigenvalue weighted by molar-refractivity contribution is 7.86. The molecule has 0 saturated heterocycles. The van der Waals surface area contributed by atoms with Gasteiger partial charge in [-0.3, -0.25) is 0 Å². The predicted molar refractivity (Wildman–Crippen MR) is 213 cm³/mol. The molecule has 2 aromatic heterocycles. The Morgan fingerprint density at radius 3 is 1.76 bits per heavy atom. The standard InChI is InChI=1S/C47H31N2OP/c50-51(37-18-8-3-9-19-37)45-23-13-11-20-38(45)39-28-29-44-46(47(39)51)40-21-10-12-22-43(40)49(44)36-26-24-34(25-27-36)42-31-35(32-14-4-1-5-15-32)30-41(48-42)33-16-6-2-7-17-33/h1-31H. The fourth-order valence-corrected chi connectivity index (χ4v) is 11.2. The maximum Gasteiger partial charge on any atom is 0.172 e. The molecule has 1 aliphatic rings. The van der Waals surface area contributed by atoms with Crippen LogP contribution in [0.1, 0.15) is 0 Å². The molecule has 0 saturated carbocycles. The predicted octanol–water partition coefficient (Wildman–Crippen LogP) is 10.8. The third-order valence-electron chi connectivity index (χ3n) is 10.2. The number of pyridine rings is 1. The first-order valence-electron chi connectivity index (χ1n) is 17.2. The summed E-state index contributed by atoms with van der Waals surface area (Å²) in [6.07, 6.45) is 0. The van der Waals surface area contributed by atoms with Crippen molar-refractivity contribution < 1.29 is 4.57 Å². The van der Waals surface area contributed by atoms with Crippen LogP contribution in [0, 0.1) is 0 Å². The number of para-hydroxylation sites is 1. The van der Waals surface area contributed by atoms with Crippen molar-refractivity contribution >= 4 is 44.9 Å². The van der Waals surface area contributed by atoms with Gasteiger partial charge in [-0.15, -0.1) is 0 Å². The number of aromatic nitrogens is 2. The summed E-state index contributed by atoms with van der Waals surface area (Å²) in [6.45, 7) is 0. The average molecular weight is 671 g/mol. The molecule has 1 unspecified atom stereocenters. The van der Waals surface area contributed by atoms with Crippen molar-refractivity contribution in [3.05, 3.63) is 188 Å². The number of hydrogen-bond acceptors (Lipinski definition) is 2. The van der Waals surface area contributed by atoms with Crippen LogP contribution in [0.25, 0.3) is 72.3 Å². The fourth-order valence-electron chi connectivity index (χ4n) is 7.88. The molecule has 0 spiro atoms. The van der Waals surface area contributed by atoms with Gasteiger partial charge in [-0.05, 0) is 58.7 Å². The molecule has 3 nitrogen and oxygen atoms in total. The maximum atomic E-state index is 15.7. The first-order chi connectivity index (χ1) is 25.2. The first-order valence-corrected chi connectivity index (χ1v) is 19.0. The van der Waals surface area contributed by atoms with Crippen LogP contribution in [0.5, 0.6) is 0 Å². The molecular weight excluding hydrogens is 640 g/mol. The van der Waals surface area contributed by atoms with Gasteiger partial charge in [0.15, 0.2) is 7.14 Å². The Morgan fingerprint density at radius 1 is 0.451 bits per heavy atom. The van der Waals surface area contributed by atoms with E-state index in [-0.39, 0.29) is 0 Å². The number of nitrogens with zero attached hydrogens (tertiary/aromatic N) is 2. The van der Waals surface area contributed by atoms with Crippen LogP contribution in [-0.2, 0) is 4.57 Å². The SMILES string of the molecule is O=P1(c2ccccc2)c2ccccc2-c2ccc3c(c21)c1ccccc1n3-c1ccc(-c2cc(-c3ccccc3)cc(-c3ccccc3)n2)cc1. The summed E-state index contributed by atoms with van der Waals surface area (Å²) in [4.78, 5) is 5.16.